The number of hydrogen-bond donors (Lipinski definition) is 1. The van der Waals surface area contributed by atoms with Crippen molar-refractivity contribution in [3.05, 3.63) is 29.6 Å². The van der Waals surface area contributed by atoms with Crippen molar-refractivity contribution in [1.29, 1.82) is 0 Å². The SMILES string of the molecule is CCSCc1nc2ccc(C)cc2[nH]1. The summed E-state index contributed by atoms with van der Waals surface area (Å²) in [5, 5.41) is 0. The predicted octanol–water partition coefficient (Wildman–Crippen LogP) is 3.12. The van der Waals surface area contributed by atoms with Crippen LogP contribution in [0.4, 0.5) is 0 Å². The second-order valence-corrected chi connectivity index (χ2v) is 4.62. The topological polar surface area (TPSA) is 28.7 Å². The molecule has 0 radical (unpaired) electrons. The Balaban J connectivity index is 2.32. The van der Waals surface area contributed by atoms with Crippen LogP contribution in [0.5, 0.6) is 0 Å². The van der Waals surface area contributed by atoms with Crippen LogP contribution in [-0.4, -0.2) is 15.7 Å². The molecule has 0 spiro atoms. The van der Waals surface area contributed by atoms with Crippen LogP contribution in [0, 0.1) is 6.92 Å². The van der Waals surface area contributed by atoms with Crippen LogP contribution >= 0.6 is 11.8 Å². The average Bonchev–Trinajstić information content (AvgIpc) is 2.56. The number of aromatic nitrogens is 2. The summed E-state index contributed by atoms with van der Waals surface area (Å²) in [5.41, 5.74) is 3.50. The number of H-pyrrole nitrogens is 1. The lowest BCUT2D eigenvalue weighted by molar-refractivity contribution is 1.14. The Morgan fingerprint density at radius 3 is 3.07 bits per heavy atom. The van der Waals surface area contributed by atoms with Gasteiger partial charge in [0.25, 0.3) is 0 Å². The maximum Gasteiger partial charge on any atom is 0.117 e. The van der Waals surface area contributed by atoms with Gasteiger partial charge in [-0.25, -0.2) is 4.98 Å². The minimum absolute atomic E-state index is 0.976. The maximum atomic E-state index is 4.51. The lowest BCUT2D eigenvalue weighted by atomic mass is 10.2. The van der Waals surface area contributed by atoms with Crippen LogP contribution in [0.15, 0.2) is 18.2 Å². The second-order valence-electron chi connectivity index (χ2n) is 3.34. The van der Waals surface area contributed by atoms with Crippen molar-refractivity contribution in [1.82, 2.24) is 9.97 Å². The molecule has 0 fully saturated rings. The Hall–Kier alpha value is -0.960. The molecule has 1 N–H and O–H groups in total. The zero-order valence-corrected chi connectivity index (χ0v) is 9.32. The van der Waals surface area contributed by atoms with E-state index in [1.54, 1.807) is 0 Å². The molecular formula is C11H14N2S. The molecule has 1 aromatic heterocycles. The summed E-state index contributed by atoms with van der Waals surface area (Å²) in [7, 11) is 0. The Morgan fingerprint density at radius 2 is 2.29 bits per heavy atom. The van der Waals surface area contributed by atoms with Crippen LogP contribution < -0.4 is 0 Å². The minimum Gasteiger partial charge on any atom is -0.341 e. The predicted molar refractivity (Wildman–Crippen MR) is 62.7 cm³/mol. The van der Waals surface area contributed by atoms with Crippen molar-refractivity contribution in [3.63, 3.8) is 0 Å². The van der Waals surface area contributed by atoms with Gasteiger partial charge in [0, 0.05) is 0 Å². The fraction of sp³-hybridized carbons (Fsp3) is 0.364. The number of rotatable bonds is 3. The average molecular weight is 206 g/mol. The molecule has 0 saturated carbocycles. The number of nitrogens with zero attached hydrogens (tertiary/aromatic N) is 1. The number of aryl methyl sites for hydroxylation is 1. The van der Waals surface area contributed by atoms with E-state index in [1.807, 2.05) is 11.8 Å². The molecule has 3 heteroatoms. The van der Waals surface area contributed by atoms with Gasteiger partial charge in [0.05, 0.1) is 16.8 Å². The summed E-state index contributed by atoms with van der Waals surface area (Å²) in [5.74, 6) is 3.19. The summed E-state index contributed by atoms with van der Waals surface area (Å²) in [6.45, 7) is 4.26. The Kier molecular flexibility index (Phi) is 2.77. The van der Waals surface area contributed by atoms with Crippen molar-refractivity contribution in [3.8, 4) is 0 Å². The normalized spacial score (nSPS) is 11.0. The molecule has 2 nitrogen and oxygen atoms in total. The van der Waals surface area contributed by atoms with Crippen molar-refractivity contribution < 1.29 is 0 Å². The number of hydrogen-bond acceptors (Lipinski definition) is 2. The van der Waals surface area contributed by atoms with Crippen LogP contribution in [0.1, 0.15) is 18.3 Å². The van der Waals surface area contributed by atoms with Gasteiger partial charge >= 0.3 is 0 Å². The fourth-order valence-electron chi connectivity index (χ4n) is 1.44. The van der Waals surface area contributed by atoms with Crippen LogP contribution in [-0.2, 0) is 5.75 Å². The van der Waals surface area contributed by atoms with E-state index in [0.717, 1.165) is 28.4 Å². The summed E-state index contributed by atoms with van der Waals surface area (Å²) in [4.78, 5) is 7.85. The zero-order chi connectivity index (χ0) is 9.97. The molecule has 0 aliphatic rings. The molecule has 0 aliphatic heterocycles. The summed E-state index contributed by atoms with van der Waals surface area (Å²) in [6.07, 6.45) is 0. The van der Waals surface area contributed by atoms with E-state index in [2.05, 4.69) is 42.0 Å². The van der Waals surface area contributed by atoms with E-state index in [4.69, 9.17) is 0 Å². The minimum atomic E-state index is 0.976. The summed E-state index contributed by atoms with van der Waals surface area (Å²) >= 11 is 1.89. The zero-order valence-electron chi connectivity index (χ0n) is 8.50. The number of benzene rings is 1. The van der Waals surface area contributed by atoms with E-state index in [1.165, 1.54) is 5.56 Å². The molecule has 1 heterocycles. The van der Waals surface area contributed by atoms with E-state index in [-0.39, 0.29) is 0 Å². The molecule has 0 unspecified atom stereocenters. The highest BCUT2D eigenvalue weighted by molar-refractivity contribution is 7.98. The number of thioether (sulfide) groups is 1. The van der Waals surface area contributed by atoms with E-state index >= 15 is 0 Å². The van der Waals surface area contributed by atoms with Gasteiger partial charge in [-0.1, -0.05) is 13.0 Å². The third kappa shape index (κ3) is 1.93. The highest BCUT2D eigenvalue weighted by atomic mass is 32.2. The van der Waals surface area contributed by atoms with E-state index in [9.17, 15) is 0 Å². The van der Waals surface area contributed by atoms with Gasteiger partial charge < -0.3 is 4.98 Å². The number of nitrogens with one attached hydrogen (secondary N) is 1. The lowest BCUT2D eigenvalue weighted by Crippen LogP contribution is -1.82. The van der Waals surface area contributed by atoms with Crippen LogP contribution in [0.2, 0.25) is 0 Å². The summed E-state index contributed by atoms with van der Waals surface area (Å²) in [6, 6.07) is 6.31. The van der Waals surface area contributed by atoms with E-state index < -0.39 is 0 Å². The molecular weight excluding hydrogens is 192 g/mol. The highest BCUT2D eigenvalue weighted by Crippen LogP contribution is 2.16. The standard InChI is InChI=1S/C11H14N2S/c1-3-14-7-11-12-9-5-4-8(2)6-10(9)13-11/h4-6H,3,7H2,1-2H3,(H,12,13). The lowest BCUT2D eigenvalue weighted by Gasteiger charge is -1.91. The molecule has 74 valence electrons. The van der Waals surface area contributed by atoms with Gasteiger partial charge in [-0.15, -0.1) is 0 Å². The van der Waals surface area contributed by atoms with Crippen molar-refractivity contribution in [2.45, 2.75) is 19.6 Å². The Bertz CT molecular complexity index is 434. The first-order valence-corrected chi connectivity index (χ1v) is 5.98. The highest BCUT2D eigenvalue weighted by Gasteiger charge is 2.01. The van der Waals surface area contributed by atoms with Crippen molar-refractivity contribution >= 4 is 22.8 Å². The van der Waals surface area contributed by atoms with Gasteiger partial charge in [0.1, 0.15) is 5.82 Å². The molecule has 0 aliphatic carbocycles. The maximum absolute atomic E-state index is 4.51. The molecule has 0 amide bonds. The second kappa shape index (κ2) is 4.05. The van der Waals surface area contributed by atoms with Gasteiger partial charge in [-0.05, 0) is 30.4 Å². The first kappa shape index (κ1) is 9.59. The summed E-state index contributed by atoms with van der Waals surface area (Å²) < 4.78 is 0. The van der Waals surface area contributed by atoms with Gasteiger partial charge in [0.2, 0.25) is 0 Å². The molecule has 2 aromatic rings. The number of aromatic amines is 1. The Morgan fingerprint density at radius 1 is 1.43 bits per heavy atom. The molecule has 0 saturated heterocycles. The van der Waals surface area contributed by atoms with Crippen molar-refractivity contribution in [2.24, 2.45) is 0 Å². The molecule has 0 atom stereocenters. The number of fused-ring (bicyclic) bond motifs is 1. The third-order valence-corrected chi connectivity index (χ3v) is 3.02. The number of imidazole rings is 1. The Labute approximate surface area is 88.1 Å². The third-order valence-electron chi connectivity index (χ3n) is 2.13. The monoisotopic (exact) mass is 206 g/mol. The van der Waals surface area contributed by atoms with E-state index in [0.29, 0.717) is 0 Å². The first-order valence-electron chi connectivity index (χ1n) is 4.82. The van der Waals surface area contributed by atoms with Crippen molar-refractivity contribution in [2.75, 3.05) is 5.75 Å². The molecule has 0 bridgehead atoms. The largest absolute Gasteiger partial charge is 0.341 e. The molecule has 1 aromatic carbocycles. The van der Waals surface area contributed by atoms with Crippen LogP contribution in [0.3, 0.4) is 0 Å². The fourth-order valence-corrected chi connectivity index (χ4v) is 1.98. The molecule has 2 rings (SSSR count). The first-order chi connectivity index (χ1) is 6.79. The quantitative estimate of drug-likeness (QED) is 0.835. The van der Waals surface area contributed by atoms with Gasteiger partial charge in [-0.3, -0.25) is 0 Å². The molecule has 14 heavy (non-hydrogen) atoms. The van der Waals surface area contributed by atoms with Crippen LogP contribution in [0.25, 0.3) is 11.0 Å². The van der Waals surface area contributed by atoms with Gasteiger partial charge in [-0.2, -0.15) is 11.8 Å². The smallest absolute Gasteiger partial charge is 0.117 e. The van der Waals surface area contributed by atoms with Gasteiger partial charge in [0.15, 0.2) is 0 Å².